The highest BCUT2D eigenvalue weighted by Crippen LogP contribution is 2.34. The maximum absolute atomic E-state index is 5.47. The van der Waals surface area contributed by atoms with Crippen LogP contribution >= 0.6 is 0 Å². The quantitative estimate of drug-likeness (QED) is 0.880. The molecule has 21 heavy (non-hydrogen) atoms. The fraction of sp³-hybridized carbons (Fsp3) is 0.667. The fourth-order valence-corrected chi connectivity index (χ4v) is 3.12. The Morgan fingerprint density at radius 3 is 1.95 bits per heavy atom. The van der Waals surface area contributed by atoms with Crippen molar-refractivity contribution in [3.05, 3.63) is 23.8 Å². The maximum atomic E-state index is 5.47. The van der Waals surface area contributed by atoms with Gasteiger partial charge in [0.2, 0.25) is 0 Å². The Morgan fingerprint density at radius 1 is 0.952 bits per heavy atom. The van der Waals surface area contributed by atoms with Crippen LogP contribution in [0.5, 0.6) is 11.5 Å². The average molecular weight is 293 g/mol. The molecule has 0 radical (unpaired) electrons. The molecule has 0 amide bonds. The van der Waals surface area contributed by atoms with Crippen LogP contribution in [-0.2, 0) is 6.54 Å². The zero-order chi connectivity index (χ0) is 16.3. The van der Waals surface area contributed by atoms with Crippen LogP contribution in [0.1, 0.15) is 47.1 Å². The Hall–Kier alpha value is -1.22. The van der Waals surface area contributed by atoms with Crippen LogP contribution in [0.2, 0.25) is 0 Å². The monoisotopic (exact) mass is 293 g/mol. The summed E-state index contributed by atoms with van der Waals surface area (Å²) in [7, 11) is 3.37. The molecule has 0 fully saturated rings. The molecule has 0 saturated carbocycles. The van der Waals surface area contributed by atoms with Crippen molar-refractivity contribution in [1.82, 2.24) is 5.32 Å². The van der Waals surface area contributed by atoms with Gasteiger partial charge < -0.3 is 14.8 Å². The second-order valence-corrected chi connectivity index (χ2v) is 7.72. The van der Waals surface area contributed by atoms with Crippen LogP contribution in [0.15, 0.2) is 18.2 Å². The summed E-state index contributed by atoms with van der Waals surface area (Å²) in [4.78, 5) is 0. The first-order chi connectivity index (χ1) is 9.59. The summed E-state index contributed by atoms with van der Waals surface area (Å²) in [5.74, 6) is 1.68. The molecule has 0 atom stereocenters. The molecule has 0 bridgehead atoms. The van der Waals surface area contributed by atoms with Crippen LogP contribution in [0.4, 0.5) is 0 Å². The van der Waals surface area contributed by atoms with Crippen molar-refractivity contribution in [1.29, 1.82) is 0 Å². The first kappa shape index (κ1) is 17.8. The number of hydrogen-bond donors (Lipinski definition) is 1. The van der Waals surface area contributed by atoms with Crippen LogP contribution in [0.3, 0.4) is 0 Å². The largest absolute Gasteiger partial charge is 0.497 e. The summed E-state index contributed by atoms with van der Waals surface area (Å²) in [6, 6.07) is 6.37. The van der Waals surface area contributed by atoms with Gasteiger partial charge in [0.15, 0.2) is 0 Å². The fourth-order valence-electron chi connectivity index (χ4n) is 3.12. The lowest BCUT2D eigenvalue weighted by molar-refractivity contribution is 0.138. The lowest BCUT2D eigenvalue weighted by Crippen LogP contribution is -2.48. The highest BCUT2D eigenvalue weighted by atomic mass is 16.5. The van der Waals surface area contributed by atoms with E-state index in [4.69, 9.17) is 9.47 Å². The van der Waals surface area contributed by atoms with Gasteiger partial charge in [0, 0.05) is 24.2 Å². The van der Waals surface area contributed by atoms with E-state index >= 15 is 0 Å². The molecule has 120 valence electrons. The third-order valence-corrected chi connectivity index (χ3v) is 3.72. The molecule has 0 aliphatic rings. The van der Waals surface area contributed by atoms with E-state index < -0.39 is 0 Å². The van der Waals surface area contributed by atoms with Crippen molar-refractivity contribution in [2.45, 2.75) is 54.1 Å². The van der Waals surface area contributed by atoms with Gasteiger partial charge in [-0.15, -0.1) is 0 Å². The summed E-state index contributed by atoms with van der Waals surface area (Å²) in [5.41, 5.74) is 1.53. The number of methoxy groups -OCH3 is 2. The third-order valence-electron chi connectivity index (χ3n) is 3.72. The highest BCUT2D eigenvalue weighted by molar-refractivity contribution is 5.40. The molecule has 1 N–H and O–H groups in total. The molecule has 1 aromatic rings. The zero-order valence-corrected chi connectivity index (χ0v) is 14.8. The Bertz CT molecular complexity index is 441. The number of ether oxygens (including phenoxy) is 2. The van der Waals surface area contributed by atoms with Gasteiger partial charge in [-0.05, 0) is 16.9 Å². The van der Waals surface area contributed by atoms with Crippen LogP contribution < -0.4 is 14.8 Å². The number of benzene rings is 1. The highest BCUT2D eigenvalue weighted by Gasteiger charge is 2.34. The molecule has 0 saturated heterocycles. The van der Waals surface area contributed by atoms with Crippen molar-refractivity contribution in [2.24, 2.45) is 10.8 Å². The number of nitrogens with one attached hydrogen (secondary N) is 1. The molecule has 0 aliphatic carbocycles. The first-order valence-electron chi connectivity index (χ1n) is 7.54. The SMILES string of the molecule is COc1ccc(CNC(C(C)(C)C)C(C)(C)C)c(OC)c1. The Morgan fingerprint density at radius 2 is 1.52 bits per heavy atom. The molecule has 0 spiro atoms. The van der Waals surface area contributed by atoms with Gasteiger partial charge in [-0.1, -0.05) is 47.6 Å². The number of rotatable bonds is 5. The van der Waals surface area contributed by atoms with E-state index in [9.17, 15) is 0 Å². The van der Waals surface area contributed by atoms with Gasteiger partial charge in [0.25, 0.3) is 0 Å². The lowest BCUT2D eigenvalue weighted by atomic mass is 9.72. The molecule has 3 heteroatoms. The molecule has 1 aromatic carbocycles. The molecule has 0 aromatic heterocycles. The zero-order valence-electron chi connectivity index (χ0n) is 14.8. The minimum Gasteiger partial charge on any atom is -0.497 e. The van der Waals surface area contributed by atoms with Gasteiger partial charge in [-0.25, -0.2) is 0 Å². The molecule has 0 heterocycles. The Labute approximate surface area is 130 Å². The Kier molecular flexibility index (Phi) is 5.68. The summed E-state index contributed by atoms with van der Waals surface area (Å²) in [6.07, 6.45) is 0. The van der Waals surface area contributed by atoms with E-state index in [0.717, 1.165) is 23.6 Å². The standard InChI is InChI=1S/C18H31NO2/c1-17(2,3)16(18(4,5)6)19-12-13-9-10-14(20-7)11-15(13)21-8/h9-11,16,19H,12H2,1-8H3. The predicted octanol–water partition coefficient (Wildman–Crippen LogP) is 4.25. The summed E-state index contributed by atoms with van der Waals surface area (Å²) < 4.78 is 10.7. The normalized spacial score (nSPS) is 12.6. The number of hydrogen-bond acceptors (Lipinski definition) is 3. The predicted molar refractivity (Wildman–Crippen MR) is 89.1 cm³/mol. The van der Waals surface area contributed by atoms with E-state index in [0.29, 0.717) is 6.04 Å². The maximum Gasteiger partial charge on any atom is 0.127 e. The van der Waals surface area contributed by atoms with Crippen LogP contribution in [0.25, 0.3) is 0 Å². The van der Waals surface area contributed by atoms with Gasteiger partial charge in [0.1, 0.15) is 11.5 Å². The van der Waals surface area contributed by atoms with E-state index in [-0.39, 0.29) is 10.8 Å². The van der Waals surface area contributed by atoms with Crippen molar-refractivity contribution in [3.8, 4) is 11.5 Å². The minimum absolute atomic E-state index is 0.192. The van der Waals surface area contributed by atoms with Crippen LogP contribution in [0, 0.1) is 10.8 Å². The van der Waals surface area contributed by atoms with E-state index in [1.165, 1.54) is 0 Å². The molecule has 0 aliphatic heterocycles. The molecule has 1 rings (SSSR count). The molecule has 3 nitrogen and oxygen atoms in total. The van der Waals surface area contributed by atoms with Crippen LogP contribution in [-0.4, -0.2) is 20.3 Å². The Balaban J connectivity index is 2.91. The lowest BCUT2D eigenvalue weighted by Gasteiger charge is -2.41. The van der Waals surface area contributed by atoms with Gasteiger partial charge in [-0.3, -0.25) is 0 Å². The second kappa shape index (κ2) is 6.69. The molecular weight excluding hydrogens is 262 g/mol. The summed E-state index contributed by atoms with van der Waals surface area (Å²) in [5, 5.41) is 3.71. The minimum atomic E-state index is 0.192. The van der Waals surface area contributed by atoms with Crippen molar-refractivity contribution in [3.63, 3.8) is 0 Å². The second-order valence-electron chi connectivity index (χ2n) is 7.72. The topological polar surface area (TPSA) is 30.5 Å². The van der Waals surface area contributed by atoms with Crippen molar-refractivity contribution < 1.29 is 9.47 Å². The smallest absolute Gasteiger partial charge is 0.127 e. The summed E-state index contributed by atoms with van der Waals surface area (Å²) >= 11 is 0. The van der Waals surface area contributed by atoms with Gasteiger partial charge >= 0.3 is 0 Å². The van der Waals surface area contributed by atoms with E-state index in [1.807, 2.05) is 12.1 Å². The molecular formula is C18H31NO2. The third kappa shape index (κ3) is 4.92. The molecule has 0 unspecified atom stereocenters. The van der Waals surface area contributed by atoms with E-state index in [2.05, 4.69) is 52.9 Å². The van der Waals surface area contributed by atoms with Gasteiger partial charge in [0.05, 0.1) is 14.2 Å². The van der Waals surface area contributed by atoms with Gasteiger partial charge in [-0.2, -0.15) is 0 Å². The summed E-state index contributed by atoms with van der Waals surface area (Å²) in [6.45, 7) is 14.5. The first-order valence-corrected chi connectivity index (χ1v) is 7.54. The van der Waals surface area contributed by atoms with E-state index in [1.54, 1.807) is 14.2 Å². The van der Waals surface area contributed by atoms with Crippen molar-refractivity contribution in [2.75, 3.05) is 14.2 Å². The average Bonchev–Trinajstić information content (AvgIpc) is 2.35. The van der Waals surface area contributed by atoms with Crippen molar-refractivity contribution >= 4 is 0 Å².